The van der Waals surface area contributed by atoms with Crippen LogP contribution in [0.15, 0.2) is 60.7 Å². The highest BCUT2D eigenvalue weighted by molar-refractivity contribution is 6.99. The molecule has 0 aliphatic carbocycles. The van der Waals surface area contributed by atoms with Crippen LogP contribution in [0.5, 0.6) is 0 Å². The number of carbonyl (C=O) groups excluding carboxylic acids is 1. The number of rotatable bonds is 10. The van der Waals surface area contributed by atoms with Crippen LogP contribution in [0.25, 0.3) is 0 Å². The maximum atomic E-state index is 12.2. The molecule has 168 valence electrons. The minimum atomic E-state index is -2.51. The summed E-state index contributed by atoms with van der Waals surface area (Å²) in [5, 5.41) is 11.5. The quantitative estimate of drug-likeness (QED) is 0.450. The van der Waals surface area contributed by atoms with Gasteiger partial charge in [0, 0.05) is 19.6 Å². The fraction of sp³-hybridized carbons (Fsp3) is 0.500. The largest absolute Gasteiger partial charge is 0.407 e. The summed E-state index contributed by atoms with van der Waals surface area (Å²) in [5.41, 5.74) is 0. The molecule has 4 nitrogen and oxygen atoms in total. The fourth-order valence-electron chi connectivity index (χ4n) is 4.69. The Morgan fingerprint density at radius 1 is 0.968 bits per heavy atom. The first-order chi connectivity index (χ1) is 14.9. The van der Waals surface area contributed by atoms with Crippen LogP contribution in [0.4, 0.5) is 0 Å². The molecule has 0 bridgehead atoms. The maximum Gasteiger partial charge on any atom is 0.261 e. The number of hydrogen-bond donors (Lipinski definition) is 1. The average molecular weight is 441 g/mol. The summed E-state index contributed by atoms with van der Waals surface area (Å²) in [4.78, 5) is 12.2. The highest BCUT2D eigenvalue weighted by Gasteiger charge is 2.50. The predicted molar refractivity (Wildman–Crippen MR) is 127 cm³/mol. The van der Waals surface area contributed by atoms with Crippen LogP contribution in [-0.2, 0) is 14.0 Å². The number of ketones is 1. The van der Waals surface area contributed by atoms with E-state index < -0.39 is 8.32 Å². The van der Waals surface area contributed by atoms with Gasteiger partial charge in [0.15, 0.2) is 5.78 Å². The topological polar surface area (TPSA) is 55.8 Å². The van der Waals surface area contributed by atoms with Crippen molar-refractivity contribution in [2.24, 2.45) is 0 Å². The van der Waals surface area contributed by atoms with E-state index in [2.05, 4.69) is 81.4 Å². The number of carbonyl (C=O) groups is 1. The van der Waals surface area contributed by atoms with Gasteiger partial charge in [-0.15, -0.1) is 0 Å². The van der Waals surface area contributed by atoms with Gasteiger partial charge in [0.25, 0.3) is 8.32 Å². The van der Waals surface area contributed by atoms with E-state index in [-0.39, 0.29) is 29.6 Å². The zero-order chi connectivity index (χ0) is 22.3. The van der Waals surface area contributed by atoms with E-state index in [1.165, 1.54) is 10.4 Å². The summed E-state index contributed by atoms with van der Waals surface area (Å²) in [7, 11) is -2.51. The molecule has 2 atom stereocenters. The van der Waals surface area contributed by atoms with Crippen molar-refractivity contribution < 1.29 is 19.1 Å². The molecule has 1 aliphatic rings. The van der Waals surface area contributed by atoms with E-state index in [0.717, 1.165) is 12.8 Å². The molecule has 1 heterocycles. The molecule has 1 aliphatic heterocycles. The molecule has 5 heteroatoms. The molecule has 0 saturated carbocycles. The van der Waals surface area contributed by atoms with Crippen LogP contribution in [-0.4, -0.2) is 44.6 Å². The van der Waals surface area contributed by atoms with Gasteiger partial charge >= 0.3 is 0 Å². The van der Waals surface area contributed by atoms with Gasteiger partial charge in [-0.2, -0.15) is 0 Å². The van der Waals surface area contributed by atoms with Gasteiger partial charge in [0.1, 0.15) is 6.10 Å². The first-order valence-corrected chi connectivity index (χ1v) is 13.3. The Bertz CT molecular complexity index is 777. The van der Waals surface area contributed by atoms with Crippen molar-refractivity contribution in [3.63, 3.8) is 0 Å². The molecule has 3 rings (SSSR count). The minimum absolute atomic E-state index is 0.0288. The third-order valence-electron chi connectivity index (χ3n) is 6.17. The summed E-state index contributed by atoms with van der Waals surface area (Å²) >= 11 is 0. The highest BCUT2D eigenvalue weighted by Crippen LogP contribution is 2.37. The van der Waals surface area contributed by atoms with Gasteiger partial charge < -0.3 is 14.3 Å². The Labute approximate surface area is 187 Å². The molecular formula is C26H36O4Si. The third-order valence-corrected chi connectivity index (χ3v) is 11.2. The zero-order valence-electron chi connectivity index (χ0n) is 19.0. The molecule has 0 spiro atoms. The van der Waals surface area contributed by atoms with Crippen LogP contribution >= 0.6 is 0 Å². The van der Waals surface area contributed by atoms with E-state index >= 15 is 0 Å². The highest BCUT2D eigenvalue weighted by atomic mass is 28.4. The van der Waals surface area contributed by atoms with Gasteiger partial charge in [-0.1, -0.05) is 81.4 Å². The van der Waals surface area contributed by atoms with Crippen LogP contribution < -0.4 is 10.4 Å². The molecule has 0 unspecified atom stereocenters. The Kier molecular flexibility index (Phi) is 8.22. The van der Waals surface area contributed by atoms with Crippen molar-refractivity contribution in [1.29, 1.82) is 0 Å². The lowest BCUT2D eigenvalue weighted by Crippen LogP contribution is -2.66. The molecule has 0 aromatic heterocycles. The van der Waals surface area contributed by atoms with E-state index in [9.17, 15) is 4.79 Å². The first kappa shape index (κ1) is 23.9. The van der Waals surface area contributed by atoms with Crippen molar-refractivity contribution in [2.45, 2.75) is 70.1 Å². The lowest BCUT2D eigenvalue weighted by Gasteiger charge is -2.43. The standard InChI is InChI=1S/C26H36O4Si/c1-26(2,3)31(22-13-6-4-7-14-22,23-15-8-5-9-16-23)29-19-11-12-21-20-24(28)25(30-21)17-10-18-27/h4-9,13-16,21,25,27H,10-12,17-20H2,1-3H3/t21-,25-/m0/s1. The minimum Gasteiger partial charge on any atom is -0.407 e. The molecule has 2 aromatic carbocycles. The van der Waals surface area contributed by atoms with Crippen molar-refractivity contribution >= 4 is 24.5 Å². The van der Waals surface area contributed by atoms with Crippen LogP contribution in [0, 0.1) is 0 Å². The summed E-state index contributed by atoms with van der Waals surface area (Å²) < 4.78 is 12.8. The molecule has 0 radical (unpaired) electrons. The maximum absolute atomic E-state index is 12.2. The van der Waals surface area contributed by atoms with Crippen LogP contribution in [0.3, 0.4) is 0 Å². The van der Waals surface area contributed by atoms with E-state index in [0.29, 0.717) is 25.9 Å². The molecular weight excluding hydrogens is 404 g/mol. The van der Waals surface area contributed by atoms with Gasteiger partial charge in [-0.25, -0.2) is 0 Å². The number of hydrogen-bond acceptors (Lipinski definition) is 4. The Balaban J connectivity index is 1.71. The lowest BCUT2D eigenvalue weighted by atomic mass is 10.1. The molecule has 0 amide bonds. The first-order valence-electron chi connectivity index (χ1n) is 11.4. The average Bonchev–Trinajstić information content (AvgIpc) is 3.12. The van der Waals surface area contributed by atoms with E-state index in [4.69, 9.17) is 14.3 Å². The smallest absolute Gasteiger partial charge is 0.261 e. The monoisotopic (exact) mass is 440 g/mol. The number of aliphatic hydroxyl groups excluding tert-OH is 1. The SMILES string of the molecule is CC(C)(C)[Si](OCCC[C@H]1CC(=O)[C@H](CCCO)O1)(c1ccccc1)c1ccccc1. The van der Waals surface area contributed by atoms with Crippen molar-refractivity contribution in [2.75, 3.05) is 13.2 Å². The number of benzene rings is 2. The fourth-order valence-corrected chi connectivity index (χ4v) is 9.29. The normalized spacial score (nSPS) is 19.7. The van der Waals surface area contributed by atoms with Crippen LogP contribution in [0.2, 0.25) is 5.04 Å². The summed E-state index contributed by atoms with van der Waals surface area (Å²) in [6.07, 6.45) is 3.02. The molecule has 1 N–H and O–H groups in total. The van der Waals surface area contributed by atoms with Crippen LogP contribution in [0.1, 0.15) is 52.9 Å². The molecule has 2 aromatic rings. The second kappa shape index (κ2) is 10.7. The lowest BCUT2D eigenvalue weighted by molar-refractivity contribution is -0.123. The summed E-state index contributed by atoms with van der Waals surface area (Å²) in [6.45, 7) is 7.59. The number of ether oxygens (including phenoxy) is 1. The van der Waals surface area contributed by atoms with Crippen molar-refractivity contribution in [1.82, 2.24) is 0 Å². The predicted octanol–water partition coefficient (Wildman–Crippen LogP) is 3.84. The second-order valence-corrected chi connectivity index (χ2v) is 13.7. The Morgan fingerprint density at radius 2 is 1.55 bits per heavy atom. The Morgan fingerprint density at radius 3 is 2.06 bits per heavy atom. The van der Waals surface area contributed by atoms with E-state index in [1.807, 2.05) is 0 Å². The molecule has 1 fully saturated rings. The van der Waals surface area contributed by atoms with Gasteiger partial charge in [-0.05, 0) is 41.1 Å². The number of Topliss-reactive ketones (excluding diaryl/α,β-unsaturated/α-hetero) is 1. The van der Waals surface area contributed by atoms with Gasteiger partial charge in [0.05, 0.1) is 6.10 Å². The summed E-state index contributed by atoms with van der Waals surface area (Å²) in [6, 6.07) is 21.3. The van der Waals surface area contributed by atoms with E-state index in [1.54, 1.807) is 0 Å². The van der Waals surface area contributed by atoms with Crippen molar-refractivity contribution in [3.8, 4) is 0 Å². The van der Waals surface area contributed by atoms with Crippen molar-refractivity contribution in [3.05, 3.63) is 60.7 Å². The molecule has 31 heavy (non-hydrogen) atoms. The second-order valence-electron chi connectivity index (χ2n) is 9.44. The Hall–Kier alpha value is -1.79. The van der Waals surface area contributed by atoms with Gasteiger partial charge in [-0.3, -0.25) is 4.79 Å². The summed E-state index contributed by atoms with van der Waals surface area (Å²) in [5.74, 6) is 0.173. The molecule has 1 saturated heterocycles. The number of aliphatic hydroxyl groups is 1. The zero-order valence-corrected chi connectivity index (χ0v) is 20.0. The van der Waals surface area contributed by atoms with Gasteiger partial charge in [0.2, 0.25) is 0 Å². The third kappa shape index (κ3) is 5.53.